The van der Waals surface area contributed by atoms with Crippen molar-refractivity contribution in [3.05, 3.63) is 69.8 Å². The fourth-order valence-corrected chi connectivity index (χ4v) is 3.98. The average molecular weight is 384 g/mol. The third-order valence-electron chi connectivity index (χ3n) is 4.82. The first-order valence-corrected chi connectivity index (χ1v) is 8.87. The van der Waals surface area contributed by atoms with Crippen LogP contribution >= 0.6 is 15.9 Å². The van der Waals surface area contributed by atoms with E-state index in [4.69, 9.17) is 4.74 Å². The lowest BCUT2D eigenvalue weighted by Gasteiger charge is -2.24. The maximum atomic E-state index is 12.6. The van der Waals surface area contributed by atoms with Crippen LogP contribution in [0.4, 0.5) is 0 Å². The van der Waals surface area contributed by atoms with Crippen molar-refractivity contribution in [1.29, 1.82) is 0 Å². The molecule has 0 fully saturated rings. The molecule has 122 valence electrons. The van der Waals surface area contributed by atoms with Crippen molar-refractivity contribution >= 4 is 32.6 Å². The molecule has 2 aromatic carbocycles. The number of hydrogen-bond donors (Lipinski definition) is 0. The standard InChI is InChI=1S/C20H18BrNO2/c1-22-17-10-15(21)7-8-16(17)20-14(11-24-12-18(20)22)9-19(23)13-5-3-2-4-6-13/h2-8,10,14H,9,11-12H2,1H3. The number of ether oxygens (including phenoxy) is 1. The molecule has 24 heavy (non-hydrogen) atoms. The van der Waals surface area contributed by atoms with Crippen molar-refractivity contribution in [2.45, 2.75) is 18.9 Å². The number of ketones is 1. The van der Waals surface area contributed by atoms with E-state index in [0.717, 1.165) is 10.0 Å². The zero-order valence-corrected chi connectivity index (χ0v) is 15.0. The monoisotopic (exact) mass is 383 g/mol. The molecule has 0 spiro atoms. The van der Waals surface area contributed by atoms with Gasteiger partial charge in [-0.3, -0.25) is 4.79 Å². The van der Waals surface area contributed by atoms with Crippen LogP contribution in [0.1, 0.15) is 34.0 Å². The molecule has 1 aromatic heterocycles. The molecule has 1 aliphatic rings. The van der Waals surface area contributed by atoms with E-state index in [1.54, 1.807) is 0 Å². The first-order valence-electron chi connectivity index (χ1n) is 8.08. The molecule has 1 unspecified atom stereocenters. The Morgan fingerprint density at radius 1 is 1.25 bits per heavy atom. The van der Waals surface area contributed by atoms with Gasteiger partial charge in [0.15, 0.2) is 5.78 Å². The number of halogens is 1. The summed E-state index contributed by atoms with van der Waals surface area (Å²) in [4.78, 5) is 12.6. The molecule has 0 saturated carbocycles. The minimum absolute atomic E-state index is 0.103. The van der Waals surface area contributed by atoms with Gasteiger partial charge in [-0.05, 0) is 17.7 Å². The molecule has 0 N–H and O–H groups in total. The minimum atomic E-state index is 0.103. The van der Waals surface area contributed by atoms with E-state index >= 15 is 0 Å². The summed E-state index contributed by atoms with van der Waals surface area (Å²) in [7, 11) is 2.07. The van der Waals surface area contributed by atoms with Crippen LogP contribution in [-0.2, 0) is 18.4 Å². The third-order valence-corrected chi connectivity index (χ3v) is 5.31. The first kappa shape index (κ1) is 15.6. The Bertz CT molecular complexity index is 914. The molecule has 0 saturated heterocycles. The second-order valence-electron chi connectivity index (χ2n) is 6.29. The lowest BCUT2D eigenvalue weighted by molar-refractivity contribution is 0.0764. The number of rotatable bonds is 3. The van der Waals surface area contributed by atoms with Gasteiger partial charge < -0.3 is 9.30 Å². The van der Waals surface area contributed by atoms with E-state index in [1.165, 1.54) is 22.2 Å². The normalized spacial score (nSPS) is 17.0. The Morgan fingerprint density at radius 2 is 2.04 bits per heavy atom. The molecule has 3 nitrogen and oxygen atoms in total. The zero-order valence-electron chi connectivity index (χ0n) is 13.5. The van der Waals surface area contributed by atoms with Crippen LogP contribution in [0.25, 0.3) is 10.9 Å². The number of nitrogens with zero attached hydrogens (tertiary/aromatic N) is 1. The number of benzene rings is 2. The van der Waals surface area contributed by atoms with Crippen LogP contribution in [0.3, 0.4) is 0 Å². The van der Waals surface area contributed by atoms with Gasteiger partial charge in [-0.2, -0.15) is 0 Å². The summed E-state index contributed by atoms with van der Waals surface area (Å²) in [6.45, 7) is 1.20. The van der Waals surface area contributed by atoms with Crippen LogP contribution in [0, 0.1) is 0 Å². The van der Waals surface area contributed by atoms with Crippen LogP contribution in [-0.4, -0.2) is 17.0 Å². The van der Waals surface area contributed by atoms with Crippen molar-refractivity contribution < 1.29 is 9.53 Å². The smallest absolute Gasteiger partial charge is 0.163 e. The summed E-state index contributed by atoms with van der Waals surface area (Å²) in [5.41, 5.74) is 4.40. The first-order chi connectivity index (χ1) is 11.6. The lowest BCUT2D eigenvalue weighted by atomic mass is 9.89. The fourth-order valence-electron chi connectivity index (χ4n) is 3.63. The Labute approximate surface area is 149 Å². The summed E-state index contributed by atoms with van der Waals surface area (Å²) in [6.07, 6.45) is 0.478. The number of hydrogen-bond acceptors (Lipinski definition) is 2. The highest BCUT2D eigenvalue weighted by molar-refractivity contribution is 9.10. The van der Waals surface area contributed by atoms with E-state index in [9.17, 15) is 4.79 Å². The van der Waals surface area contributed by atoms with Crippen LogP contribution in [0.2, 0.25) is 0 Å². The van der Waals surface area contributed by atoms with Gasteiger partial charge in [0.25, 0.3) is 0 Å². The lowest BCUT2D eigenvalue weighted by Crippen LogP contribution is -2.20. The van der Waals surface area contributed by atoms with Gasteiger partial charge >= 0.3 is 0 Å². The number of carbonyl (C=O) groups excluding carboxylic acids is 1. The van der Waals surface area contributed by atoms with Crippen LogP contribution in [0.15, 0.2) is 53.0 Å². The van der Waals surface area contributed by atoms with Crippen molar-refractivity contribution in [3.8, 4) is 0 Å². The molecular formula is C20H18BrNO2. The summed E-state index contributed by atoms with van der Waals surface area (Å²) in [5.74, 6) is 0.275. The van der Waals surface area contributed by atoms with Gasteiger partial charge in [0.2, 0.25) is 0 Å². The van der Waals surface area contributed by atoms with Crippen molar-refractivity contribution in [1.82, 2.24) is 4.57 Å². The predicted molar refractivity (Wildman–Crippen MR) is 98.4 cm³/mol. The van der Waals surface area contributed by atoms with E-state index in [2.05, 4.69) is 45.7 Å². The Balaban J connectivity index is 1.75. The van der Waals surface area contributed by atoms with E-state index in [1.807, 2.05) is 30.3 Å². The Hall–Kier alpha value is -1.91. The van der Waals surface area contributed by atoms with Crippen molar-refractivity contribution in [2.75, 3.05) is 6.61 Å². The highest BCUT2D eigenvalue weighted by Crippen LogP contribution is 2.38. The number of Topliss-reactive ketones (excluding diaryl/α,β-unsaturated/α-hetero) is 1. The quantitative estimate of drug-likeness (QED) is 0.606. The molecule has 1 atom stereocenters. The zero-order chi connectivity index (χ0) is 16.7. The molecule has 2 heterocycles. The molecule has 0 bridgehead atoms. The van der Waals surface area contributed by atoms with Gasteiger partial charge in [-0.25, -0.2) is 0 Å². The predicted octanol–water partition coefficient (Wildman–Crippen LogP) is 4.83. The van der Waals surface area contributed by atoms with Crippen LogP contribution in [0.5, 0.6) is 0 Å². The van der Waals surface area contributed by atoms with Gasteiger partial charge in [-0.1, -0.05) is 52.3 Å². The molecular weight excluding hydrogens is 366 g/mol. The highest BCUT2D eigenvalue weighted by Gasteiger charge is 2.29. The molecule has 0 aliphatic carbocycles. The summed E-state index contributed by atoms with van der Waals surface area (Å²) in [5, 5.41) is 1.23. The summed E-state index contributed by atoms with van der Waals surface area (Å²) < 4.78 is 9.05. The van der Waals surface area contributed by atoms with Gasteiger partial charge in [0.05, 0.1) is 13.2 Å². The minimum Gasteiger partial charge on any atom is -0.375 e. The summed E-state index contributed by atoms with van der Waals surface area (Å²) >= 11 is 3.55. The molecule has 3 aromatic rings. The van der Waals surface area contributed by atoms with Crippen molar-refractivity contribution in [2.24, 2.45) is 7.05 Å². The van der Waals surface area contributed by atoms with Gasteiger partial charge in [0, 0.05) is 46.0 Å². The summed E-state index contributed by atoms with van der Waals surface area (Å²) in [6, 6.07) is 15.8. The third kappa shape index (κ3) is 2.60. The van der Waals surface area contributed by atoms with Gasteiger partial charge in [-0.15, -0.1) is 0 Å². The Kier molecular flexibility index (Phi) is 4.02. The molecule has 0 radical (unpaired) electrons. The van der Waals surface area contributed by atoms with E-state index < -0.39 is 0 Å². The number of aryl methyl sites for hydroxylation is 1. The fraction of sp³-hybridized carbons (Fsp3) is 0.250. The average Bonchev–Trinajstić information content (AvgIpc) is 2.89. The number of carbonyl (C=O) groups is 1. The topological polar surface area (TPSA) is 31.2 Å². The number of fused-ring (bicyclic) bond motifs is 3. The molecule has 4 heteroatoms. The number of aromatic nitrogens is 1. The maximum absolute atomic E-state index is 12.6. The molecule has 1 aliphatic heterocycles. The van der Waals surface area contributed by atoms with Crippen LogP contribution < -0.4 is 0 Å². The second kappa shape index (κ2) is 6.19. The SMILES string of the molecule is Cn1c2c(c3ccc(Br)cc31)C(CC(=O)c1ccccc1)COC2. The Morgan fingerprint density at radius 3 is 2.83 bits per heavy atom. The maximum Gasteiger partial charge on any atom is 0.163 e. The molecule has 0 amide bonds. The highest BCUT2D eigenvalue weighted by atomic mass is 79.9. The largest absolute Gasteiger partial charge is 0.375 e. The van der Waals surface area contributed by atoms with E-state index in [-0.39, 0.29) is 11.7 Å². The molecule has 4 rings (SSSR count). The van der Waals surface area contributed by atoms with Gasteiger partial charge in [0.1, 0.15) is 0 Å². The second-order valence-corrected chi connectivity index (χ2v) is 7.20. The van der Waals surface area contributed by atoms with E-state index in [0.29, 0.717) is 19.6 Å². The van der Waals surface area contributed by atoms with Crippen molar-refractivity contribution in [3.63, 3.8) is 0 Å².